The highest BCUT2D eigenvalue weighted by Crippen LogP contribution is 2.23. The Morgan fingerprint density at radius 2 is 2.26 bits per heavy atom. The summed E-state index contributed by atoms with van der Waals surface area (Å²) in [5, 5.41) is 8.97. The van der Waals surface area contributed by atoms with E-state index >= 15 is 0 Å². The van der Waals surface area contributed by atoms with Gasteiger partial charge in [-0.2, -0.15) is 0 Å². The molecule has 1 unspecified atom stereocenters. The molecule has 1 aliphatic rings. The Balaban J connectivity index is 2.19. The van der Waals surface area contributed by atoms with Crippen molar-refractivity contribution in [3.63, 3.8) is 0 Å². The Morgan fingerprint density at radius 3 is 2.84 bits per heavy atom. The van der Waals surface area contributed by atoms with Crippen molar-refractivity contribution in [2.45, 2.75) is 25.8 Å². The lowest BCUT2D eigenvalue weighted by molar-refractivity contribution is 0.0696. The fourth-order valence-corrected chi connectivity index (χ4v) is 2.58. The molecule has 1 aromatic rings. The topological polar surface area (TPSA) is 56.7 Å². The number of aromatic nitrogens is 1. The maximum absolute atomic E-state index is 10.9. The van der Waals surface area contributed by atoms with Crippen molar-refractivity contribution in [3.8, 4) is 0 Å². The third kappa shape index (κ3) is 3.04. The van der Waals surface area contributed by atoms with E-state index in [1.807, 2.05) is 6.92 Å². The molecular weight excluding hydrogens is 242 g/mol. The predicted molar refractivity (Wildman–Crippen MR) is 74.9 cm³/mol. The van der Waals surface area contributed by atoms with Crippen LogP contribution in [0, 0.1) is 6.92 Å². The first-order valence-electron chi connectivity index (χ1n) is 6.60. The number of anilines is 1. The van der Waals surface area contributed by atoms with Gasteiger partial charge in [-0.3, -0.25) is 0 Å². The summed E-state index contributed by atoms with van der Waals surface area (Å²) in [6.07, 6.45) is 3.80. The van der Waals surface area contributed by atoms with Gasteiger partial charge in [-0.05, 0) is 45.5 Å². The minimum absolute atomic E-state index is 0.252. The first-order chi connectivity index (χ1) is 8.99. The van der Waals surface area contributed by atoms with Crippen LogP contribution in [0.4, 0.5) is 5.82 Å². The van der Waals surface area contributed by atoms with E-state index in [1.54, 1.807) is 6.07 Å². The first kappa shape index (κ1) is 13.8. The molecule has 0 saturated carbocycles. The van der Waals surface area contributed by atoms with Gasteiger partial charge in [0.15, 0.2) is 0 Å². The molecule has 0 aromatic carbocycles. The SMILES string of the molecule is Cc1cc(C(=O)O)cnc1N1CCCC(N(C)C)C1. The number of aromatic carboxylic acids is 1. The number of hydrogen-bond donors (Lipinski definition) is 1. The van der Waals surface area contributed by atoms with Crippen LogP contribution in [0.3, 0.4) is 0 Å². The van der Waals surface area contributed by atoms with Gasteiger partial charge in [0.2, 0.25) is 0 Å². The minimum atomic E-state index is -0.924. The van der Waals surface area contributed by atoms with Gasteiger partial charge in [-0.25, -0.2) is 9.78 Å². The van der Waals surface area contributed by atoms with Crippen LogP contribution in [0.25, 0.3) is 0 Å². The molecule has 1 N–H and O–H groups in total. The van der Waals surface area contributed by atoms with E-state index in [4.69, 9.17) is 5.11 Å². The van der Waals surface area contributed by atoms with Crippen LogP contribution < -0.4 is 4.90 Å². The summed E-state index contributed by atoms with van der Waals surface area (Å²) in [6, 6.07) is 2.23. The molecule has 1 saturated heterocycles. The van der Waals surface area contributed by atoms with Crippen molar-refractivity contribution in [1.82, 2.24) is 9.88 Å². The van der Waals surface area contributed by atoms with Gasteiger partial charge in [0.25, 0.3) is 0 Å². The Hall–Kier alpha value is -1.62. The molecule has 2 rings (SSSR count). The molecule has 1 atom stereocenters. The van der Waals surface area contributed by atoms with Crippen molar-refractivity contribution in [2.24, 2.45) is 0 Å². The van der Waals surface area contributed by atoms with Gasteiger partial charge < -0.3 is 14.9 Å². The van der Waals surface area contributed by atoms with Gasteiger partial charge in [0.05, 0.1) is 5.56 Å². The van der Waals surface area contributed by atoms with Gasteiger partial charge in [0.1, 0.15) is 5.82 Å². The van der Waals surface area contributed by atoms with E-state index in [9.17, 15) is 4.79 Å². The Labute approximate surface area is 113 Å². The van der Waals surface area contributed by atoms with Gasteiger partial charge in [0, 0.05) is 25.3 Å². The number of nitrogens with zero attached hydrogens (tertiary/aromatic N) is 3. The molecule has 2 heterocycles. The number of pyridine rings is 1. The number of carboxylic acids is 1. The molecule has 5 nitrogen and oxygen atoms in total. The average molecular weight is 263 g/mol. The number of aryl methyl sites for hydroxylation is 1. The zero-order chi connectivity index (χ0) is 14.0. The van der Waals surface area contributed by atoms with Crippen molar-refractivity contribution in [2.75, 3.05) is 32.1 Å². The normalized spacial score (nSPS) is 19.8. The van der Waals surface area contributed by atoms with E-state index < -0.39 is 5.97 Å². The molecule has 1 aromatic heterocycles. The number of rotatable bonds is 3. The second-order valence-electron chi connectivity index (χ2n) is 5.38. The third-order valence-corrected chi connectivity index (χ3v) is 3.72. The molecule has 1 aliphatic heterocycles. The fraction of sp³-hybridized carbons (Fsp3) is 0.571. The van der Waals surface area contributed by atoms with E-state index in [2.05, 4.69) is 28.9 Å². The lowest BCUT2D eigenvalue weighted by Gasteiger charge is -2.37. The smallest absolute Gasteiger partial charge is 0.337 e. The van der Waals surface area contributed by atoms with Crippen LogP contribution in [0.2, 0.25) is 0 Å². The maximum atomic E-state index is 10.9. The number of likely N-dealkylation sites (N-methyl/N-ethyl adjacent to an activating group) is 1. The van der Waals surface area contributed by atoms with Crippen LogP contribution in [-0.4, -0.2) is 54.2 Å². The summed E-state index contributed by atoms with van der Waals surface area (Å²) in [5.41, 5.74) is 1.18. The molecular formula is C14H21N3O2. The lowest BCUT2D eigenvalue weighted by Crippen LogP contribution is -2.45. The van der Waals surface area contributed by atoms with E-state index in [0.717, 1.165) is 30.9 Å². The highest BCUT2D eigenvalue weighted by Gasteiger charge is 2.23. The van der Waals surface area contributed by atoms with Crippen LogP contribution in [0.5, 0.6) is 0 Å². The van der Waals surface area contributed by atoms with Crippen LogP contribution >= 0.6 is 0 Å². The van der Waals surface area contributed by atoms with E-state index in [-0.39, 0.29) is 5.56 Å². The minimum Gasteiger partial charge on any atom is -0.478 e. The molecule has 19 heavy (non-hydrogen) atoms. The second kappa shape index (κ2) is 5.57. The highest BCUT2D eigenvalue weighted by atomic mass is 16.4. The Kier molecular flexibility index (Phi) is 4.04. The zero-order valence-electron chi connectivity index (χ0n) is 11.8. The Morgan fingerprint density at radius 1 is 1.53 bits per heavy atom. The maximum Gasteiger partial charge on any atom is 0.337 e. The van der Waals surface area contributed by atoms with Gasteiger partial charge in [-0.15, -0.1) is 0 Å². The van der Waals surface area contributed by atoms with E-state index in [1.165, 1.54) is 12.6 Å². The third-order valence-electron chi connectivity index (χ3n) is 3.72. The predicted octanol–water partition coefficient (Wildman–Crippen LogP) is 1.62. The van der Waals surface area contributed by atoms with Gasteiger partial charge in [-0.1, -0.05) is 0 Å². The first-order valence-corrected chi connectivity index (χ1v) is 6.60. The number of piperidine rings is 1. The van der Waals surface area contributed by atoms with Gasteiger partial charge >= 0.3 is 5.97 Å². The Bertz CT molecular complexity index is 474. The standard InChI is InChI=1S/C14H21N3O2/c1-10-7-11(14(18)19)8-15-13(10)17-6-4-5-12(9-17)16(2)3/h7-8,12H,4-6,9H2,1-3H3,(H,18,19). The summed E-state index contributed by atoms with van der Waals surface area (Å²) < 4.78 is 0. The molecule has 1 fully saturated rings. The molecule has 0 aliphatic carbocycles. The van der Waals surface area contributed by atoms with Crippen molar-refractivity contribution in [1.29, 1.82) is 0 Å². The van der Waals surface area contributed by atoms with Crippen LogP contribution in [-0.2, 0) is 0 Å². The molecule has 5 heteroatoms. The summed E-state index contributed by atoms with van der Waals surface area (Å²) in [5.74, 6) is -0.0106. The summed E-state index contributed by atoms with van der Waals surface area (Å²) in [7, 11) is 4.20. The number of carbonyl (C=O) groups is 1. The van der Waals surface area contributed by atoms with Crippen LogP contribution in [0.1, 0.15) is 28.8 Å². The molecule has 0 bridgehead atoms. The number of hydrogen-bond acceptors (Lipinski definition) is 4. The van der Waals surface area contributed by atoms with Crippen LogP contribution in [0.15, 0.2) is 12.3 Å². The second-order valence-corrected chi connectivity index (χ2v) is 5.38. The molecule has 0 spiro atoms. The lowest BCUT2D eigenvalue weighted by atomic mass is 10.0. The summed E-state index contributed by atoms with van der Waals surface area (Å²) >= 11 is 0. The molecule has 0 radical (unpaired) electrons. The van der Waals surface area contributed by atoms with Crippen molar-refractivity contribution >= 4 is 11.8 Å². The summed E-state index contributed by atoms with van der Waals surface area (Å²) in [4.78, 5) is 19.8. The number of carboxylic acid groups (broad SMARTS) is 1. The molecule has 0 amide bonds. The van der Waals surface area contributed by atoms with Crippen molar-refractivity contribution < 1.29 is 9.90 Å². The average Bonchev–Trinajstić information content (AvgIpc) is 2.38. The monoisotopic (exact) mass is 263 g/mol. The highest BCUT2D eigenvalue weighted by molar-refractivity contribution is 5.87. The largest absolute Gasteiger partial charge is 0.478 e. The molecule has 104 valence electrons. The van der Waals surface area contributed by atoms with E-state index in [0.29, 0.717) is 6.04 Å². The zero-order valence-corrected chi connectivity index (χ0v) is 11.8. The fourth-order valence-electron chi connectivity index (χ4n) is 2.58. The quantitative estimate of drug-likeness (QED) is 0.898. The van der Waals surface area contributed by atoms with Crippen molar-refractivity contribution in [3.05, 3.63) is 23.4 Å². The summed E-state index contributed by atoms with van der Waals surface area (Å²) in [6.45, 7) is 3.87.